The van der Waals surface area contributed by atoms with Gasteiger partial charge >= 0.3 is 0 Å². The van der Waals surface area contributed by atoms with Crippen molar-refractivity contribution < 1.29 is 4.52 Å². The number of aryl methyl sites for hydroxylation is 4. The molecule has 2 heterocycles. The minimum absolute atomic E-state index is 0. The third-order valence-corrected chi connectivity index (χ3v) is 4.41. The highest BCUT2D eigenvalue weighted by atomic mass is 127. The van der Waals surface area contributed by atoms with E-state index >= 15 is 0 Å². The molecule has 128 valence electrons. The van der Waals surface area contributed by atoms with Crippen LogP contribution in [0, 0.1) is 27.7 Å². The largest absolute Gasteiger partial charge is 0.361 e. The first-order valence-electron chi connectivity index (χ1n) is 7.38. The van der Waals surface area contributed by atoms with Crippen molar-refractivity contribution in [3.05, 3.63) is 32.6 Å². The van der Waals surface area contributed by atoms with Crippen LogP contribution in [0.3, 0.4) is 0 Å². The number of guanidine groups is 1. The summed E-state index contributed by atoms with van der Waals surface area (Å²) in [5.41, 5.74) is 3.02. The van der Waals surface area contributed by atoms with Crippen molar-refractivity contribution in [2.45, 2.75) is 47.7 Å². The van der Waals surface area contributed by atoms with Crippen molar-refractivity contribution >= 4 is 41.3 Å². The van der Waals surface area contributed by atoms with Gasteiger partial charge in [-0.15, -0.1) is 35.3 Å². The third kappa shape index (κ3) is 5.45. The standard InChI is InChI=1S/C15H23N5OS.HI/c1-6-16-15(17-7-13-9(2)20-21-11(13)4)18-8-14-10(3)19-12(5)22-14;/h6-8H2,1-5H3,(H2,16,17,18);1H. The fourth-order valence-corrected chi connectivity index (χ4v) is 3.01. The van der Waals surface area contributed by atoms with Gasteiger partial charge in [0.2, 0.25) is 0 Å². The summed E-state index contributed by atoms with van der Waals surface area (Å²) in [6.45, 7) is 12.1. The van der Waals surface area contributed by atoms with Gasteiger partial charge in [-0.1, -0.05) is 5.16 Å². The van der Waals surface area contributed by atoms with Gasteiger partial charge in [-0.25, -0.2) is 9.98 Å². The monoisotopic (exact) mass is 449 g/mol. The van der Waals surface area contributed by atoms with Gasteiger partial charge in [-0.3, -0.25) is 0 Å². The summed E-state index contributed by atoms with van der Waals surface area (Å²) < 4.78 is 5.17. The molecule has 0 fully saturated rings. The molecule has 0 unspecified atom stereocenters. The van der Waals surface area contributed by atoms with Crippen LogP contribution < -0.4 is 10.6 Å². The maximum Gasteiger partial charge on any atom is 0.191 e. The Bertz CT molecular complexity index is 645. The van der Waals surface area contributed by atoms with Gasteiger partial charge in [0.15, 0.2) is 5.96 Å². The molecule has 8 heteroatoms. The van der Waals surface area contributed by atoms with Crippen molar-refractivity contribution in [1.82, 2.24) is 20.8 Å². The SMILES string of the molecule is CCNC(=NCc1c(C)noc1C)NCc1sc(C)nc1C.I. The molecule has 2 aromatic heterocycles. The van der Waals surface area contributed by atoms with Gasteiger partial charge in [-0.05, 0) is 34.6 Å². The van der Waals surface area contributed by atoms with Gasteiger partial charge in [-0.2, -0.15) is 0 Å². The molecule has 6 nitrogen and oxygen atoms in total. The summed E-state index contributed by atoms with van der Waals surface area (Å²) in [7, 11) is 0. The molecule has 2 aromatic rings. The summed E-state index contributed by atoms with van der Waals surface area (Å²) in [6.07, 6.45) is 0. The lowest BCUT2D eigenvalue weighted by Gasteiger charge is -2.10. The number of aromatic nitrogens is 2. The zero-order chi connectivity index (χ0) is 16.1. The van der Waals surface area contributed by atoms with Crippen LogP contribution in [0.2, 0.25) is 0 Å². The number of hydrogen-bond donors (Lipinski definition) is 2. The number of halogens is 1. The second-order valence-corrected chi connectivity index (χ2v) is 6.38. The van der Waals surface area contributed by atoms with E-state index in [9.17, 15) is 0 Å². The fourth-order valence-electron chi connectivity index (χ4n) is 2.13. The summed E-state index contributed by atoms with van der Waals surface area (Å²) in [5.74, 6) is 1.61. The van der Waals surface area contributed by atoms with E-state index in [4.69, 9.17) is 4.52 Å². The Morgan fingerprint density at radius 3 is 2.43 bits per heavy atom. The summed E-state index contributed by atoms with van der Waals surface area (Å²) in [5, 5.41) is 11.6. The Labute approximate surface area is 158 Å². The van der Waals surface area contributed by atoms with Crippen molar-refractivity contribution in [3.63, 3.8) is 0 Å². The minimum atomic E-state index is 0. The summed E-state index contributed by atoms with van der Waals surface area (Å²) in [6, 6.07) is 0. The van der Waals surface area contributed by atoms with E-state index in [0.29, 0.717) is 6.54 Å². The minimum Gasteiger partial charge on any atom is -0.361 e. The van der Waals surface area contributed by atoms with Crippen LogP contribution in [0.4, 0.5) is 0 Å². The highest BCUT2D eigenvalue weighted by Gasteiger charge is 2.09. The normalized spacial score (nSPS) is 11.3. The predicted octanol–water partition coefficient (Wildman–Crippen LogP) is 3.24. The molecular weight excluding hydrogens is 425 g/mol. The molecule has 0 spiro atoms. The number of thiazole rings is 1. The van der Waals surface area contributed by atoms with Gasteiger partial charge in [0.05, 0.1) is 29.5 Å². The molecule has 23 heavy (non-hydrogen) atoms. The summed E-state index contributed by atoms with van der Waals surface area (Å²) >= 11 is 1.71. The van der Waals surface area contributed by atoms with Crippen LogP contribution in [0.15, 0.2) is 9.52 Å². The van der Waals surface area contributed by atoms with E-state index in [1.165, 1.54) is 4.88 Å². The second kappa shape index (κ2) is 9.21. The van der Waals surface area contributed by atoms with Crippen LogP contribution in [0.25, 0.3) is 0 Å². The molecular formula is C15H24IN5OS. The van der Waals surface area contributed by atoms with E-state index in [-0.39, 0.29) is 24.0 Å². The van der Waals surface area contributed by atoms with Gasteiger partial charge in [0.1, 0.15) is 5.76 Å². The first-order valence-corrected chi connectivity index (χ1v) is 8.19. The molecule has 0 bridgehead atoms. The van der Waals surface area contributed by atoms with Crippen LogP contribution in [0.5, 0.6) is 0 Å². The lowest BCUT2D eigenvalue weighted by Crippen LogP contribution is -2.36. The Kier molecular flexibility index (Phi) is 7.97. The Hall–Kier alpha value is -1.16. The molecule has 2 rings (SSSR count). The van der Waals surface area contributed by atoms with Crippen LogP contribution in [-0.2, 0) is 13.1 Å². The highest BCUT2D eigenvalue weighted by Crippen LogP contribution is 2.16. The predicted molar refractivity (Wildman–Crippen MR) is 105 cm³/mol. The van der Waals surface area contributed by atoms with Gasteiger partial charge in [0.25, 0.3) is 0 Å². The zero-order valence-corrected chi connectivity index (χ0v) is 17.3. The van der Waals surface area contributed by atoms with Gasteiger partial charge < -0.3 is 15.2 Å². The third-order valence-electron chi connectivity index (χ3n) is 3.34. The average molecular weight is 449 g/mol. The van der Waals surface area contributed by atoms with Crippen molar-refractivity contribution in [1.29, 1.82) is 0 Å². The zero-order valence-electron chi connectivity index (χ0n) is 14.2. The van der Waals surface area contributed by atoms with E-state index < -0.39 is 0 Å². The lowest BCUT2D eigenvalue weighted by molar-refractivity contribution is 0.392. The molecule has 0 aliphatic heterocycles. The van der Waals surface area contributed by atoms with E-state index in [1.807, 2.05) is 27.7 Å². The summed E-state index contributed by atoms with van der Waals surface area (Å²) in [4.78, 5) is 10.3. The molecule has 2 N–H and O–H groups in total. The molecule has 0 radical (unpaired) electrons. The van der Waals surface area contributed by atoms with E-state index in [0.717, 1.165) is 46.8 Å². The smallest absolute Gasteiger partial charge is 0.191 e. The van der Waals surface area contributed by atoms with Crippen molar-refractivity contribution in [2.24, 2.45) is 4.99 Å². The Morgan fingerprint density at radius 2 is 1.91 bits per heavy atom. The Balaban J connectivity index is 0.00000264. The molecule has 0 aliphatic rings. The molecule has 0 amide bonds. The molecule has 0 aromatic carbocycles. The fraction of sp³-hybridized carbons (Fsp3) is 0.533. The number of aliphatic imine (C=N–C) groups is 1. The van der Waals surface area contributed by atoms with E-state index in [1.54, 1.807) is 11.3 Å². The second-order valence-electron chi connectivity index (χ2n) is 5.09. The van der Waals surface area contributed by atoms with Crippen LogP contribution in [-0.4, -0.2) is 22.6 Å². The molecule has 0 atom stereocenters. The number of nitrogens with zero attached hydrogens (tertiary/aromatic N) is 3. The first kappa shape index (κ1) is 19.9. The number of rotatable bonds is 5. The molecule has 0 aliphatic carbocycles. The quantitative estimate of drug-likeness (QED) is 0.417. The maximum absolute atomic E-state index is 5.17. The number of nitrogens with one attached hydrogen (secondary N) is 2. The highest BCUT2D eigenvalue weighted by molar-refractivity contribution is 14.0. The van der Waals surface area contributed by atoms with Crippen LogP contribution in [0.1, 0.15) is 39.5 Å². The van der Waals surface area contributed by atoms with E-state index in [2.05, 4.69) is 32.7 Å². The lowest BCUT2D eigenvalue weighted by atomic mass is 10.2. The number of hydrogen-bond acceptors (Lipinski definition) is 5. The van der Waals surface area contributed by atoms with Gasteiger partial charge in [0, 0.05) is 17.0 Å². The maximum atomic E-state index is 5.17. The van der Waals surface area contributed by atoms with Crippen molar-refractivity contribution in [3.8, 4) is 0 Å². The topological polar surface area (TPSA) is 75.3 Å². The van der Waals surface area contributed by atoms with Crippen molar-refractivity contribution in [2.75, 3.05) is 6.54 Å². The Morgan fingerprint density at radius 1 is 1.17 bits per heavy atom. The first-order chi connectivity index (χ1) is 10.5. The molecule has 0 saturated carbocycles. The van der Waals surface area contributed by atoms with Crippen LogP contribution >= 0.6 is 35.3 Å². The average Bonchev–Trinajstić information content (AvgIpc) is 2.96. The molecule has 0 saturated heterocycles.